The van der Waals surface area contributed by atoms with Crippen LogP contribution in [0.15, 0.2) is 27.7 Å². The molecule has 1 aromatic carbocycles. The fraction of sp³-hybridized carbons (Fsp3) is 0. The topological polar surface area (TPSA) is 42.3 Å². The predicted molar refractivity (Wildman–Crippen MR) is 55.1 cm³/mol. The van der Waals surface area contributed by atoms with Crippen molar-refractivity contribution in [2.75, 3.05) is 0 Å². The summed E-state index contributed by atoms with van der Waals surface area (Å²) < 4.78 is 1.91. The van der Waals surface area contributed by atoms with Gasteiger partial charge in [0, 0.05) is 4.47 Å². The number of benzene rings is 1. The number of carbonyl (C=O) groups excluding carboxylic acids is 1. The van der Waals surface area contributed by atoms with Crippen LogP contribution in [0.3, 0.4) is 0 Å². The first-order valence-electron chi connectivity index (χ1n) is 3.44. The third-order valence-corrected chi connectivity index (χ3v) is 3.05. The van der Waals surface area contributed by atoms with Crippen LogP contribution in [0, 0.1) is 0 Å². The van der Waals surface area contributed by atoms with Crippen LogP contribution < -0.4 is 0 Å². The smallest absolute Gasteiger partial charge is 0.216 e. The fourth-order valence-corrected chi connectivity index (χ4v) is 2.39. The van der Waals surface area contributed by atoms with Gasteiger partial charge in [0.2, 0.25) is 11.2 Å². The third-order valence-electron chi connectivity index (χ3n) is 1.50. The Morgan fingerprint density at radius 3 is 3.08 bits per heavy atom. The standard InChI is InChI=1S/C8H3BrN2OS/c9-5-2-1-3-6-7(5)11-8(13-6)10-4-12/h1-3H. The second-order valence-corrected chi connectivity index (χ2v) is 4.15. The Bertz CT molecular complexity index is 502. The lowest BCUT2D eigenvalue weighted by atomic mass is 10.3. The Morgan fingerprint density at radius 1 is 1.54 bits per heavy atom. The van der Waals surface area contributed by atoms with Gasteiger partial charge >= 0.3 is 0 Å². The van der Waals surface area contributed by atoms with Crippen molar-refractivity contribution in [3.63, 3.8) is 0 Å². The maximum atomic E-state index is 10.00. The van der Waals surface area contributed by atoms with Crippen LogP contribution in [0.5, 0.6) is 0 Å². The van der Waals surface area contributed by atoms with E-state index in [2.05, 4.69) is 25.9 Å². The van der Waals surface area contributed by atoms with Gasteiger partial charge in [0.1, 0.15) is 0 Å². The molecule has 0 saturated carbocycles. The predicted octanol–water partition coefficient (Wildman–Crippen LogP) is 3.03. The maximum Gasteiger partial charge on any atom is 0.242 e. The Balaban J connectivity index is 2.75. The number of nitrogens with zero attached hydrogens (tertiary/aromatic N) is 2. The summed E-state index contributed by atoms with van der Waals surface area (Å²) in [6, 6.07) is 5.75. The Morgan fingerprint density at radius 2 is 2.38 bits per heavy atom. The first-order valence-corrected chi connectivity index (χ1v) is 5.05. The summed E-state index contributed by atoms with van der Waals surface area (Å²) in [6.45, 7) is 0. The van der Waals surface area contributed by atoms with Gasteiger partial charge in [-0.15, -0.1) is 4.99 Å². The molecular weight excluding hydrogens is 252 g/mol. The number of halogens is 1. The SMILES string of the molecule is O=C=Nc1nc2c(Br)cccc2s1. The van der Waals surface area contributed by atoms with Crippen molar-refractivity contribution in [1.29, 1.82) is 0 Å². The van der Waals surface area contributed by atoms with Crippen LogP contribution in [0.25, 0.3) is 10.2 Å². The molecule has 2 aromatic rings. The van der Waals surface area contributed by atoms with E-state index >= 15 is 0 Å². The van der Waals surface area contributed by atoms with Crippen LogP contribution in [0.4, 0.5) is 5.13 Å². The molecule has 0 bridgehead atoms. The van der Waals surface area contributed by atoms with E-state index in [9.17, 15) is 4.79 Å². The first-order chi connectivity index (χ1) is 6.31. The molecule has 64 valence electrons. The van der Waals surface area contributed by atoms with E-state index in [1.54, 1.807) is 0 Å². The summed E-state index contributed by atoms with van der Waals surface area (Å²) in [5, 5.41) is 0.442. The van der Waals surface area contributed by atoms with Crippen molar-refractivity contribution < 1.29 is 4.79 Å². The molecule has 0 N–H and O–H groups in total. The molecule has 13 heavy (non-hydrogen) atoms. The van der Waals surface area contributed by atoms with Gasteiger partial charge in [0.15, 0.2) is 0 Å². The minimum atomic E-state index is 0.442. The number of hydrogen-bond acceptors (Lipinski definition) is 4. The van der Waals surface area contributed by atoms with Crippen LogP contribution in [0.2, 0.25) is 0 Å². The fourth-order valence-electron chi connectivity index (χ4n) is 0.990. The minimum Gasteiger partial charge on any atom is -0.216 e. The molecule has 0 amide bonds. The van der Waals surface area contributed by atoms with Crippen molar-refractivity contribution in [1.82, 2.24) is 4.98 Å². The molecule has 0 aliphatic carbocycles. The van der Waals surface area contributed by atoms with Crippen LogP contribution in [-0.4, -0.2) is 11.1 Å². The summed E-state index contributed by atoms with van der Waals surface area (Å²) in [5.41, 5.74) is 0.835. The molecule has 3 nitrogen and oxygen atoms in total. The van der Waals surface area contributed by atoms with Gasteiger partial charge in [-0.05, 0) is 28.1 Å². The molecule has 0 unspecified atom stereocenters. The average molecular weight is 255 g/mol. The number of aliphatic imine (C=N–C) groups is 1. The van der Waals surface area contributed by atoms with Gasteiger partial charge in [-0.3, -0.25) is 0 Å². The second kappa shape index (κ2) is 3.38. The van der Waals surface area contributed by atoms with E-state index in [0.717, 1.165) is 14.7 Å². The summed E-state index contributed by atoms with van der Waals surface area (Å²) >= 11 is 4.73. The summed E-state index contributed by atoms with van der Waals surface area (Å²) in [6.07, 6.45) is 1.47. The molecule has 5 heteroatoms. The molecule has 2 rings (SSSR count). The summed E-state index contributed by atoms with van der Waals surface area (Å²) in [5.74, 6) is 0. The van der Waals surface area contributed by atoms with E-state index in [0.29, 0.717) is 5.13 Å². The average Bonchev–Trinajstić information content (AvgIpc) is 2.49. The highest BCUT2D eigenvalue weighted by Crippen LogP contribution is 2.31. The zero-order valence-corrected chi connectivity index (χ0v) is 8.72. The number of para-hydroxylation sites is 1. The highest BCUT2D eigenvalue weighted by atomic mass is 79.9. The third kappa shape index (κ3) is 1.54. The molecule has 1 aromatic heterocycles. The Labute approximate surface area is 86.3 Å². The number of hydrogen-bond donors (Lipinski definition) is 0. The van der Waals surface area contributed by atoms with Crippen LogP contribution in [-0.2, 0) is 4.79 Å². The minimum absolute atomic E-state index is 0.442. The number of rotatable bonds is 1. The lowest BCUT2D eigenvalue weighted by Gasteiger charge is -1.88. The summed E-state index contributed by atoms with van der Waals surface area (Å²) in [7, 11) is 0. The van der Waals surface area contributed by atoms with E-state index in [-0.39, 0.29) is 0 Å². The molecule has 0 fully saturated rings. The molecule has 0 aliphatic rings. The highest BCUT2D eigenvalue weighted by Gasteiger charge is 2.04. The molecule has 0 aliphatic heterocycles. The van der Waals surface area contributed by atoms with Crippen LogP contribution in [0.1, 0.15) is 0 Å². The van der Waals surface area contributed by atoms with Gasteiger partial charge in [0.05, 0.1) is 10.2 Å². The zero-order valence-electron chi connectivity index (χ0n) is 6.32. The molecule has 0 spiro atoms. The zero-order chi connectivity index (χ0) is 9.26. The van der Waals surface area contributed by atoms with Crippen molar-refractivity contribution in [3.05, 3.63) is 22.7 Å². The van der Waals surface area contributed by atoms with Gasteiger partial charge in [-0.2, -0.15) is 0 Å². The van der Waals surface area contributed by atoms with Gasteiger partial charge in [-0.1, -0.05) is 17.4 Å². The number of fused-ring (bicyclic) bond motifs is 1. The molecule has 0 atom stereocenters. The summed E-state index contributed by atoms with van der Waals surface area (Å²) in [4.78, 5) is 17.6. The van der Waals surface area contributed by atoms with Gasteiger partial charge < -0.3 is 0 Å². The molecular formula is C8H3BrN2OS. The normalized spacial score (nSPS) is 9.92. The largest absolute Gasteiger partial charge is 0.242 e. The second-order valence-electron chi connectivity index (χ2n) is 2.29. The van der Waals surface area contributed by atoms with E-state index in [1.807, 2.05) is 18.2 Å². The van der Waals surface area contributed by atoms with E-state index in [1.165, 1.54) is 17.4 Å². The number of aromatic nitrogens is 1. The molecule has 0 saturated heterocycles. The highest BCUT2D eigenvalue weighted by molar-refractivity contribution is 9.10. The Hall–Kier alpha value is -1.03. The van der Waals surface area contributed by atoms with Crippen molar-refractivity contribution in [3.8, 4) is 0 Å². The van der Waals surface area contributed by atoms with Gasteiger partial charge in [0.25, 0.3) is 0 Å². The maximum absolute atomic E-state index is 10.00. The lowest BCUT2D eigenvalue weighted by molar-refractivity contribution is 0.565. The number of isocyanates is 1. The lowest BCUT2D eigenvalue weighted by Crippen LogP contribution is -1.68. The number of thiazole rings is 1. The monoisotopic (exact) mass is 254 g/mol. The van der Waals surface area contributed by atoms with E-state index < -0.39 is 0 Å². The van der Waals surface area contributed by atoms with E-state index in [4.69, 9.17) is 0 Å². The van der Waals surface area contributed by atoms with Gasteiger partial charge in [-0.25, -0.2) is 9.78 Å². The first kappa shape index (κ1) is 8.56. The van der Waals surface area contributed by atoms with Crippen LogP contribution >= 0.6 is 27.3 Å². The quantitative estimate of drug-likeness (QED) is 0.580. The molecule has 1 heterocycles. The molecule has 0 radical (unpaired) electrons. The van der Waals surface area contributed by atoms with Crippen molar-refractivity contribution in [2.45, 2.75) is 0 Å². The Kier molecular flexibility index (Phi) is 2.22. The van der Waals surface area contributed by atoms with Crippen molar-refractivity contribution >= 4 is 48.7 Å². The van der Waals surface area contributed by atoms with Crippen molar-refractivity contribution in [2.24, 2.45) is 4.99 Å².